The van der Waals surface area contributed by atoms with E-state index in [1.165, 1.54) is 89.9 Å². The first kappa shape index (κ1) is 75.4. The van der Waals surface area contributed by atoms with Gasteiger partial charge in [0.25, 0.3) is 7.82 Å². The van der Waals surface area contributed by atoms with Crippen molar-refractivity contribution in [3.63, 3.8) is 0 Å². The fourth-order valence-corrected chi connectivity index (χ4v) is 9.19. The number of esters is 1. The number of carbonyl (C=O) groups is 2. The van der Waals surface area contributed by atoms with Gasteiger partial charge in [-0.1, -0.05) is 239 Å². The summed E-state index contributed by atoms with van der Waals surface area (Å²) in [6, 6.07) is -0.916. The molecule has 1 N–H and O–H groups in total. The van der Waals surface area contributed by atoms with E-state index in [1.54, 1.807) is 0 Å². The Balaban J connectivity index is 5.27. The van der Waals surface area contributed by atoms with Crippen LogP contribution in [-0.4, -0.2) is 69.4 Å². The summed E-state index contributed by atoms with van der Waals surface area (Å²) < 4.78 is 30.3. The van der Waals surface area contributed by atoms with E-state index in [0.717, 1.165) is 116 Å². The maximum Gasteiger partial charge on any atom is 0.306 e. The van der Waals surface area contributed by atoms with Crippen molar-refractivity contribution >= 4 is 19.7 Å². The Morgan fingerprint density at radius 3 is 1.25 bits per heavy atom. The summed E-state index contributed by atoms with van der Waals surface area (Å²) in [7, 11) is 1.14. The molecule has 0 aliphatic rings. The number of nitrogens with zero attached hydrogens (tertiary/aromatic N) is 1. The SMILES string of the molecule is CC/C=C\C/C=C\C/C=C\C/C=C\C/C=C\CCCCCCCCCC(=O)NC(COP(=O)([O-])OCC[N+](C)(C)C)C(/C=C\CCCCCCCCCCC)OC(=O)CCCCC/C=C\C/C=C\C/C=C\C/C=C\CCCCC. The van der Waals surface area contributed by atoms with Crippen molar-refractivity contribution in [1.29, 1.82) is 0 Å². The van der Waals surface area contributed by atoms with Crippen LogP contribution in [0.1, 0.15) is 252 Å². The molecule has 452 valence electrons. The molecular weight excluding hydrogens is 1000 g/mol. The quantitative estimate of drug-likeness (QED) is 0.0212. The smallest absolute Gasteiger partial charge is 0.306 e. The Labute approximate surface area is 486 Å². The average molecular weight is 1120 g/mol. The second-order valence-electron chi connectivity index (χ2n) is 22.2. The third-order valence-corrected chi connectivity index (χ3v) is 14.3. The maximum absolute atomic E-state index is 13.5. The van der Waals surface area contributed by atoms with Crippen LogP contribution >= 0.6 is 7.82 Å². The van der Waals surface area contributed by atoms with Crippen LogP contribution in [0.25, 0.3) is 0 Å². The van der Waals surface area contributed by atoms with E-state index in [1.807, 2.05) is 33.3 Å². The number of hydrogen-bond acceptors (Lipinski definition) is 7. The molecule has 0 aliphatic carbocycles. The fraction of sp³-hybridized carbons (Fsp3) is 0.681. The Kier molecular flexibility index (Phi) is 55.0. The van der Waals surface area contributed by atoms with Crippen LogP contribution in [-0.2, 0) is 27.9 Å². The molecule has 0 saturated heterocycles. The zero-order valence-electron chi connectivity index (χ0n) is 51.5. The van der Waals surface area contributed by atoms with E-state index < -0.39 is 26.6 Å². The van der Waals surface area contributed by atoms with Gasteiger partial charge in [-0.15, -0.1) is 0 Å². The predicted molar refractivity (Wildman–Crippen MR) is 339 cm³/mol. The summed E-state index contributed by atoms with van der Waals surface area (Å²) in [5.74, 6) is -0.598. The molecule has 0 aromatic rings. The standard InChI is InChI=1S/C69H119N2O7P/c1-7-10-13-16-19-22-25-27-29-31-33-34-35-36-38-39-41-43-46-49-52-55-58-61-68(72)70-66(65-77-79(74,75)76-64-63-71(4,5)6)67(60-57-54-51-48-45-24-21-18-15-12-9-3)78-69(73)62-59-56-53-50-47-44-42-40-37-32-30-28-26-23-20-17-14-11-8-2/h10,13,19-20,22-23,27-30,33-34,36-38,40,44,47,57,60,66-67H,7-9,11-12,14-18,21,24-26,31-32,35,39,41-43,45-46,48-56,58-59,61-65H2,1-6H3,(H-,70,72,74,75)/b13-10-,22-19-,23-20-,29-27-,30-28-,34-33-,38-36-,40-37-,47-44-,60-57-. The lowest BCUT2D eigenvalue weighted by Crippen LogP contribution is -2.47. The fourth-order valence-electron chi connectivity index (χ4n) is 8.47. The molecule has 1 amide bonds. The van der Waals surface area contributed by atoms with Crippen molar-refractivity contribution < 1.29 is 37.3 Å². The number of phosphoric ester groups is 1. The lowest BCUT2D eigenvalue weighted by molar-refractivity contribution is -0.870. The number of hydrogen-bond donors (Lipinski definition) is 1. The van der Waals surface area contributed by atoms with Crippen LogP contribution in [0.15, 0.2) is 122 Å². The molecule has 0 heterocycles. The van der Waals surface area contributed by atoms with Gasteiger partial charge in [0.05, 0.1) is 33.8 Å². The Bertz CT molecular complexity index is 1770. The molecule has 0 saturated carbocycles. The summed E-state index contributed by atoms with van der Waals surface area (Å²) in [6.07, 6.45) is 80.2. The van der Waals surface area contributed by atoms with Crippen molar-refractivity contribution in [1.82, 2.24) is 5.32 Å². The molecule has 0 radical (unpaired) electrons. The molecule has 9 nitrogen and oxygen atoms in total. The Morgan fingerprint density at radius 2 is 0.810 bits per heavy atom. The van der Waals surface area contributed by atoms with Gasteiger partial charge in [-0.25, -0.2) is 0 Å². The minimum atomic E-state index is -4.72. The molecule has 0 aromatic heterocycles. The van der Waals surface area contributed by atoms with E-state index in [0.29, 0.717) is 23.9 Å². The number of unbranched alkanes of at least 4 members (excludes halogenated alkanes) is 22. The van der Waals surface area contributed by atoms with E-state index in [4.69, 9.17) is 13.8 Å². The number of allylic oxidation sites excluding steroid dienone is 19. The second-order valence-corrected chi connectivity index (χ2v) is 23.6. The van der Waals surface area contributed by atoms with Crippen molar-refractivity contribution in [3.8, 4) is 0 Å². The van der Waals surface area contributed by atoms with Crippen molar-refractivity contribution in [2.45, 2.75) is 264 Å². The highest BCUT2D eigenvalue weighted by Gasteiger charge is 2.27. The van der Waals surface area contributed by atoms with Crippen LogP contribution in [0.5, 0.6) is 0 Å². The van der Waals surface area contributed by atoms with E-state index in [2.05, 4.69) is 135 Å². The Hall–Kier alpha value is -3.59. The molecule has 79 heavy (non-hydrogen) atoms. The van der Waals surface area contributed by atoms with Gasteiger partial charge < -0.3 is 28.5 Å². The monoisotopic (exact) mass is 1120 g/mol. The molecule has 3 atom stereocenters. The molecule has 0 fully saturated rings. The number of rotatable bonds is 56. The van der Waals surface area contributed by atoms with Crippen LogP contribution in [0, 0.1) is 0 Å². The zero-order chi connectivity index (χ0) is 57.9. The topological polar surface area (TPSA) is 114 Å². The highest BCUT2D eigenvalue weighted by molar-refractivity contribution is 7.45. The number of likely N-dealkylation sites (N-methyl/N-ethyl adjacent to an activating group) is 1. The van der Waals surface area contributed by atoms with Gasteiger partial charge in [0, 0.05) is 12.8 Å². The molecule has 0 spiro atoms. The first-order chi connectivity index (χ1) is 38.4. The second kappa shape index (κ2) is 57.6. The molecule has 0 bridgehead atoms. The van der Waals surface area contributed by atoms with Crippen molar-refractivity contribution in [2.75, 3.05) is 40.9 Å². The molecule has 10 heteroatoms. The van der Waals surface area contributed by atoms with Crippen molar-refractivity contribution in [3.05, 3.63) is 122 Å². The van der Waals surface area contributed by atoms with Gasteiger partial charge in [-0.3, -0.25) is 14.2 Å². The zero-order valence-corrected chi connectivity index (χ0v) is 52.4. The number of amides is 1. The van der Waals surface area contributed by atoms with Gasteiger partial charge >= 0.3 is 5.97 Å². The van der Waals surface area contributed by atoms with Gasteiger partial charge in [0.15, 0.2) is 0 Å². The molecule has 0 aromatic carbocycles. The summed E-state index contributed by atoms with van der Waals surface area (Å²) >= 11 is 0. The predicted octanol–water partition coefficient (Wildman–Crippen LogP) is 19.3. The number of quaternary nitrogens is 1. The van der Waals surface area contributed by atoms with Crippen LogP contribution in [0.4, 0.5) is 0 Å². The highest BCUT2D eigenvalue weighted by atomic mass is 31.2. The van der Waals surface area contributed by atoms with Crippen LogP contribution < -0.4 is 10.2 Å². The molecule has 3 unspecified atom stereocenters. The molecule has 0 aliphatic heterocycles. The minimum Gasteiger partial charge on any atom is -0.756 e. The van der Waals surface area contributed by atoms with Gasteiger partial charge in [0.2, 0.25) is 5.91 Å². The highest BCUT2D eigenvalue weighted by Crippen LogP contribution is 2.38. The number of phosphoric acid groups is 1. The largest absolute Gasteiger partial charge is 0.756 e. The van der Waals surface area contributed by atoms with E-state index >= 15 is 0 Å². The van der Waals surface area contributed by atoms with Gasteiger partial charge in [0.1, 0.15) is 19.3 Å². The van der Waals surface area contributed by atoms with Gasteiger partial charge in [-0.2, -0.15) is 0 Å². The van der Waals surface area contributed by atoms with Crippen LogP contribution in [0.3, 0.4) is 0 Å². The first-order valence-electron chi connectivity index (χ1n) is 31.8. The summed E-state index contributed by atoms with van der Waals surface area (Å²) in [5, 5.41) is 3.01. The van der Waals surface area contributed by atoms with Crippen molar-refractivity contribution in [2.24, 2.45) is 0 Å². The van der Waals surface area contributed by atoms with E-state index in [9.17, 15) is 19.0 Å². The Morgan fingerprint density at radius 1 is 0.456 bits per heavy atom. The lowest BCUT2D eigenvalue weighted by atomic mass is 10.1. The maximum atomic E-state index is 13.5. The van der Waals surface area contributed by atoms with Gasteiger partial charge in [-0.05, 0) is 122 Å². The molecular formula is C69H119N2O7P. The minimum absolute atomic E-state index is 0.0366. The summed E-state index contributed by atoms with van der Waals surface area (Å²) in [6.45, 7) is 6.65. The van der Waals surface area contributed by atoms with E-state index in [-0.39, 0.29) is 31.3 Å². The number of ether oxygens (including phenoxy) is 1. The summed E-state index contributed by atoms with van der Waals surface area (Å²) in [4.78, 5) is 40.0. The number of carbonyl (C=O) groups excluding carboxylic acids is 2. The summed E-state index contributed by atoms with van der Waals surface area (Å²) in [5.41, 5.74) is 0. The average Bonchev–Trinajstić information content (AvgIpc) is 3.41. The third kappa shape index (κ3) is 58.9. The normalized spacial score (nSPS) is 14.5. The third-order valence-electron chi connectivity index (χ3n) is 13.4. The molecule has 0 rings (SSSR count). The van der Waals surface area contributed by atoms with Crippen LogP contribution in [0.2, 0.25) is 0 Å². The number of nitrogens with one attached hydrogen (secondary N) is 1. The lowest BCUT2D eigenvalue weighted by Gasteiger charge is -2.30. The first-order valence-corrected chi connectivity index (χ1v) is 33.3.